The average Bonchev–Trinajstić information content (AvgIpc) is 3.61. The van der Waals surface area contributed by atoms with Crippen LogP contribution in [0.5, 0.6) is 0 Å². The molecule has 1 aromatic carbocycles. The average molecular weight is 525 g/mol. The van der Waals surface area contributed by atoms with E-state index in [-0.39, 0.29) is 17.6 Å². The van der Waals surface area contributed by atoms with Gasteiger partial charge < -0.3 is 10.1 Å². The van der Waals surface area contributed by atoms with Crippen molar-refractivity contribution < 1.29 is 14.3 Å². The Morgan fingerprint density at radius 2 is 1.82 bits per heavy atom. The quantitative estimate of drug-likeness (QED) is 0.396. The summed E-state index contributed by atoms with van der Waals surface area (Å²) in [7, 11) is 0. The Hall–Kier alpha value is -4.78. The normalized spacial score (nSPS) is 14.6. The van der Waals surface area contributed by atoms with E-state index < -0.39 is 0 Å². The summed E-state index contributed by atoms with van der Waals surface area (Å²) in [6, 6.07) is 17.6. The number of pyridine rings is 1. The van der Waals surface area contributed by atoms with E-state index in [1.807, 2.05) is 48.7 Å². The number of hydrogen-bond acceptors (Lipinski definition) is 10. The first-order valence-electron chi connectivity index (χ1n) is 12.4. The summed E-state index contributed by atoms with van der Waals surface area (Å²) >= 11 is 0. The van der Waals surface area contributed by atoms with Crippen LogP contribution in [0.3, 0.4) is 0 Å². The SMILES string of the molecule is CC(C)(C)c1cccc(Cn2cc(-c3cc(-c4cccc(C#N)c4)nc(N[C@@H]4CCOC4)n3)nn2)n1.O=C=O. The maximum Gasteiger partial charge on any atom is 0.373 e. The minimum absolute atomic E-state index is 0.0303. The number of hydrogen-bond donors (Lipinski definition) is 1. The predicted octanol–water partition coefficient (Wildman–Crippen LogP) is 3.63. The van der Waals surface area contributed by atoms with Crippen molar-refractivity contribution in [3.05, 3.63) is 71.7 Å². The summed E-state index contributed by atoms with van der Waals surface area (Å²) in [5, 5.41) is 21.4. The maximum atomic E-state index is 9.34. The number of rotatable bonds is 6. The maximum absolute atomic E-state index is 9.34. The van der Waals surface area contributed by atoms with Gasteiger partial charge in [-0.15, -0.1) is 5.10 Å². The molecule has 3 aromatic heterocycles. The van der Waals surface area contributed by atoms with E-state index in [9.17, 15) is 5.26 Å². The van der Waals surface area contributed by atoms with Crippen LogP contribution in [-0.4, -0.2) is 55.4 Å². The first-order chi connectivity index (χ1) is 18.8. The Bertz CT molecular complexity index is 1510. The van der Waals surface area contributed by atoms with Crippen LogP contribution in [0.4, 0.5) is 5.95 Å². The third-order valence-corrected chi connectivity index (χ3v) is 5.98. The third kappa shape index (κ3) is 7.17. The van der Waals surface area contributed by atoms with Crippen LogP contribution in [0, 0.1) is 11.3 Å². The molecule has 1 aliphatic rings. The summed E-state index contributed by atoms with van der Waals surface area (Å²) in [6.07, 6.45) is 3.01. The number of nitrogens with zero attached hydrogens (tertiary/aromatic N) is 7. The zero-order valence-corrected chi connectivity index (χ0v) is 22.0. The van der Waals surface area contributed by atoms with Gasteiger partial charge in [-0.2, -0.15) is 14.9 Å². The van der Waals surface area contributed by atoms with Gasteiger partial charge in [0, 0.05) is 23.3 Å². The van der Waals surface area contributed by atoms with Crippen molar-refractivity contribution >= 4 is 12.1 Å². The molecule has 1 atom stereocenters. The van der Waals surface area contributed by atoms with Crippen LogP contribution in [0.25, 0.3) is 22.6 Å². The Kier molecular flexibility index (Phi) is 8.51. The molecular formula is C28H28N8O3. The lowest BCUT2D eigenvalue weighted by atomic mass is 9.91. The van der Waals surface area contributed by atoms with E-state index in [1.165, 1.54) is 0 Å². The highest BCUT2D eigenvalue weighted by molar-refractivity contribution is 5.68. The summed E-state index contributed by atoms with van der Waals surface area (Å²) < 4.78 is 7.26. The highest BCUT2D eigenvalue weighted by atomic mass is 16.5. The molecule has 198 valence electrons. The van der Waals surface area contributed by atoms with Gasteiger partial charge in [0.25, 0.3) is 0 Å². The Morgan fingerprint density at radius 1 is 1.05 bits per heavy atom. The monoisotopic (exact) mass is 524 g/mol. The van der Waals surface area contributed by atoms with E-state index in [0.717, 1.165) is 23.4 Å². The van der Waals surface area contributed by atoms with Crippen molar-refractivity contribution in [3.63, 3.8) is 0 Å². The molecule has 1 N–H and O–H groups in total. The van der Waals surface area contributed by atoms with Gasteiger partial charge in [-0.05, 0) is 36.8 Å². The van der Waals surface area contributed by atoms with Crippen molar-refractivity contribution in [2.45, 2.75) is 45.2 Å². The van der Waals surface area contributed by atoms with Crippen molar-refractivity contribution in [2.24, 2.45) is 0 Å². The lowest BCUT2D eigenvalue weighted by Gasteiger charge is -2.18. The minimum Gasteiger partial charge on any atom is -0.379 e. The van der Waals surface area contributed by atoms with Gasteiger partial charge in [0.2, 0.25) is 5.95 Å². The van der Waals surface area contributed by atoms with Gasteiger partial charge in [-0.3, -0.25) is 4.98 Å². The number of carbonyl (C=O) groups excluding carboxylic acids is 2. The minimum atomic E-state index is -0.0303. The molecule has 0 radical (unpaired) electrons. The molecule has 1 aliphatic heterocycles. The van der Waals surface area contributed by atoms with E-state index >= 15 is 0 Å². The van der Waals surface area contributed by atoms with Gasteiger partial charge in [-0.25, -0.2) is 14.6 Å². The molecule has 11 nitrogen and oxygen atoms in total. The lowest BCUT2D eigenvalue weighted by Crippen LogP contribution is -2.20. The molecule has 0 spiro atoms. The second-order valence-electron chi connectivity index (χ2n) is 10.0. The number of ether oxygens (including phenoxy) is 1. The molecule has 11 heteroatoms. The highest BCUT2D eigenvalue weighted by Crippen LogP contribution is 2.26. The molecular weight excluding hydrogens is 496 g/mol. The smallest absolute Gasteiger partial charge is 0.373 e. The molecule has 1 fully saturated rings. The fourth-order valence-electron chi connectivity index (χ4n) is 4.01. The molecule has 1 saturated heterocycles. The van der Waals surface area contributed by atoms with E-state index in [1.54, 1.807) is 10.7 Å². The van der Waals surface area contributed by atoms with Gasteiger partial charge >= 0.3 is 6.15 Å². The standard InChI is InChI=1S/C27H28N8O.CO2/c1-27(2,3)25-9-5-8-20(29-25)15-35-16-24(33-34-35)23-13-22(19-7-4-6-18(12-19)14-28)31-26(32-23)30-21-10-11-36-17-21;2-1-3/h4-9,12-13,16,21H,10-11,15,17H2,1-3H3,(H,30,31,32);/t21-;/m1./s1. The largest absolute Gasteiger partial charge is 0.379 e. The van der Waals surface area contributed by atoms with Crippen LogP contribution in [0.2, 0.25) is 0 Å². The molecule has 0 unspecified atom stereocenters. The molecule has 39 heavy (non-hydrogen) atoms. The predicted molar refractivity (Wildman–Crippen MR) is 141 cm³/mol. The van der Waals surface area contributed by atoms with Crippen LogP contribution in [-0.2, 0) is 26.3 Å². The number of nitrogens with one attached hydrogen (secondary N) is 1. The first kappa shape index (κ1) is 27.3. The van der Waals surface area contributed by atoms with E-state index in [2.05, 4.69) is 42.5 Å². The summed E-state index contributed by atoms with van der Waals surface area (Å²) in [5.41, 5.74) is 5.30. The molecule has 4 aromatic rings. The van der Waals surface area contributed by atoms with Crippen LogP contribution < -0.4 is 5.32 Å². The number of aromatic nitrogens is 6. The van der Waals surface area contributed by atoms with Crippen molar-refractivity contribution in [1.29, 1.82) is 5.26 Å². The first-order valence-corrected chi connectivity index (χ1v) is 12.4. The van der Waals surface area contributed by atoms with Crippen molar-refractivity contribution in [3.8, 4) is 28.7 Å². The summed E-state index contributed by atoms with van der Waals surface area (Å²) in [6.45, 7) is 8.28. The van der Waals surface area contributed by atoms with E-state index in [0.29, 0.717) is 48.4 Å². The Balaban J connectivity index is 0.00000112. The fourth-order valence-corrected chi connectivity index (χ4v) is 4.01. The van der Waals surface area contributed by atoms with Crippen LogP contribution >= 0.6 is 0 Å². The third-order valence-electron chi connectivity index (χ3n) is 5.98. The van der Waals surface area contributed by atoms with Crippen molar-refractivity contribution in [1.82, 2.24) is 29.9 Å². The Morgan fingerprint density at radius 3 is 2.54 bits per heavy atom. The second kappa shape index (κ2) is 12.2. The van der Waals surface area contributed by atoms with Gasteiger partial charge in [0.1, 0.15) is 5.69 Å². The molecule has 4 heterocycles. The van der Waals surface area contributed by atoms with Gasteiger partial charge in [0.05, 0.1) is 54.1 Å². The van der Waals surface area contributed by atoms with Gasteiger partial charge in [-0.1, -0.05) is 44.2 Å². The molecule has 0 aliphatic carbocycles. The zero-order chi connectivity index (χ0) is 27.8. The molecule has 0 amide bonds. The number of benzene rings is 1. The lowest BCUT2D eigenvalue weighted by molar-refractivity contribution is -0.191. The highest BCUT2D eigenvalue weighted by Gasteiger charge is 2.19. The summed E-state index contributed by atoms with van der Waals surface area (Å²) in [4.78, 5) is 30.5. The number of nitriles is 1. The molecule has 0 bridgehead atoms. The fraction of sp³-hybridized carbons (Fsp3) is 0.321. The van der Waals surface area contributed by atoms with Crippen molar-refractivity contribution in [2.75, 3.05) is 18.5 Å². The molecule has 0 saturated carbocycles. The van der Waals surface area contributed by atoms with E-state index in [4.69, 9.17) is 29.3 Å². The second-order valence-corrected chi connectivity index (χ2v) is 10.0. The van der Waals surface area contributed by atoms with Crippen LogP contribution in [0.1, 0.15) is 44.1 Å². The topological polar surface area (TPSA) is 149 Å². The van der Waals surface area contributed by atoms with Crippen LogP contribution in [0.15, 0.2) is 54.7 Å². The van der Waals surface area contributed by atoms with Gasteiger partial charge in [0.15, 0.2) is 0 Å². The zero-order valence-electron chi connectivity index (χ0n) is 22.0. The summed E-state index contributed by atoms with van der Waals surface area (Å²) in [5.74, 6) is 0.495. The molecule has 5 rings (SSSR count). The Labute approximate surface area is 225 Å². The number of anilines is 1.